The first kappa shape index (κ1) is 20.1. The van der Waals surface area contributed by atoms with Gasteiger partial charge in [0.1, 0.15) is 5.75 Å². The fourth-order valence-corrected chi connectivity index (χ4v) is 3.88. The van der Waals surface area contributed by atoms with E-state index in [0.29, 0.717) is 17.4 Å². The van der Waals surface area contributed by atoms with Crippen LogP contribution >= 0.6 is 11.3 Å². The van der Waals surface area contributed by atoms with E-state index in [1.54, 1.807) is 18.4 Å². The Kier molecular flexibility index (Phi) is 6.85. The van der Waals surface area contributed by atoms with Gasteiger partial charge in [-0.1, -0.05) is 56.3 Å². The molecule has 146 valence electrons. The van der Waals surface area contributed by atoms with Crippen LogP contribution in [-0.4, -0.2) is 19.6 Å². The molecule has 5 heteroatoms. The Balaban J connectivity index is 1.71. The van der Waals surface area contributed by atoms with Crippen molar-refractivity contribution in [2.45, 2.75) is 25.8 Å². The molecule has 28 heavy (non-hydrogen) atoms. The molecule has 0 aliphatic rings. The number of methoxy groups -OCH3 is 1. The lowest BCUT2D eigenvalue weighted by Gasteiger charge is -2.19. The van der Waals surface area contributed by atoms with Crippen molar-refractivity contribution in [2.75, 3.05) is 19.0 Å². The standard InChI is InChI=1S/C23H26N2O2S/c1-16(2)17-10-12-18(13-11-17)23(21-9-6-14-28-21)24-15-22(26)25-19-7-4-5-8-20(19)27-3/h4-14,16,23-24H,15H2,1-3H3,(H,25,26)/t23-/m0/s1. The zero-order valence-corrected chi connectivity index (χ0v) is 17.3. The third kappa shape index (κ3) is 5.00. The molecule has 0 bridgehead atoms. The highest BCUT2D eigenvalue weighted by molar-refractivity contribution is 7.10. The summed E-state index contributed by atoms with van der Waals surface area (Å²) < 4.78 is 5.30. The number of carbonyl (C=O) groups excluding carboxylic acids is 1. The number of ether oxygens (including phenoxy) is 1. The highest BCUT2D eigenvalue weighted by atomic mass is 32.1. The van der Waals surface area contributed by atoms with E-state index in [2.05, 4.69) is 60.2 Å². The number of rotatable bonds is 8. The van der Waals surface area contributed by atoms with Crippen molar-refractivity contribution in [1.29, 1.82) is 0 Å². The molecule has 0 spiro atoms. The Hall–Kier alpha value is -2.63. The molecule has 0 saturated carbocycles. The quantitative estimate of drug-likeness (QED) is 0.552. The SMILES string of the molecule is COc1ccccc1NC(=O)CN[C@@H](c1ccc(C(C)C)cc1)c1cccs1. The van der Waals surface area contributed by atoms with Gasteiger partial charge in [-0.25, -0.2) is 0 Å². The van der Waals surface area contributed by atoms with E-state index in [1.165, 1.54) is 10.4 Å². The number of hydrogen-bond acceptors (Lipinski definition) is 4. The van der Waals surface area contributed by atoms with Crippen molar-refractivity contribution < 1.29 is 9.53 Å². The van der Waals surface area contributed by atoms with E-state index in [1.807, 2.05) is 30.3 Å². The number of amides is 1. The molecule has 3 rings (SSSR count). The molecular formula is C23H26N2O2S. The van der Waals surface area contributed by atoms with Gasteiger partial charge in [0.25, 0.3) is 0 Å². The molecule has 0 aliphatic heterocycles. The third-order valence-corrected chi connectivity index (χ3v) is 5.55. The number of hydrogen-bond donors (Lipinski definition) is 2. The van der Waals surface area contributed by atoms with Gasteiger partial charge in [0.2, 0.25) is 5.91 Å². The zero-order chi connectivity index (χ0) is 19.9. The van der Waals surface area contributed by atoms with Crippen LogP contribution in [0.2, 0.25) is 0 Å². The maximum atomic E-state index is 12.5. The highest BCUT2D eigenvalue weighted by Gasteiger charge is 2.17. The van der Waals surface area contributed by atoms with Crippen molar-refractivity contribution in [3.05, 3.63) is 82.0 Å². The van der Waals surface area contributed by atoms with Crippen molar-refractivity contribution >= 4 is 22.9 Å². The lowest BCUT2D eigenvalue weighted by molar-refractivity contribution is -0.115. The van der Waals surface area contributed by atoms with Gasteiger partial charge in [-0.15, -0.1) is 11.3 Å². The minimum absolute atomic E-state index is 0.0235. The molecule has 0 radical (unpaired) electrons. The number of nitrogens with one attached hydrogen (secondary N) is 2. The first-order valence-corrected chi connectivity index (χ1v) is 10.3. The smallest absolute Gasteiger partial charge is 0.238 e. The molecular weight excluding hydrogens is 368 g/mol. The molecule has 1 aromatic heterocycles. The summed E-state index contributed by atoms with van der Waals surface area (Å²) in [5, 5.41) is 8.37. The maximum Gasteiger partial charge on any atom is 0.238 e. The number of carbonyl (C=O) groups is 1. The molecule has 3 aromatic rings. The molecule has 0 unspecified atom stereocenters. The lowest BCUT2D eigenvalue weighted by atomic mass is 9.98. The monoisotopic (exact) mass is 394 g/mol. The van der Waals surface area contributed by atoms with Crippen LogP contribution in [0.15, 0.2) is 66.0 Å². The molecule has 4 nitrogen and oxygen atoms in total. The molecule has 2 aromatic carbocycles. The normalized spacial score (nSPS) is 12.0. The second kappa shape index (κ2) is 9.53. The number of para-hydroxylation sites is 2. The second-order valence-electron chi connectivity index (χ2n) is 6.90. The van der Waals surface area contributed by atoms with Crippen LogP contribution < -0.4 is 15.4 Å². The van der Waals surface area contributed by atoms with Crippen LogP contribution in [0.3, 0.4) is 0 Å². The zero-order valence-electron chi connectivity index (χ0n) is 16.4. The average molecular weight is 395 g/mol. The van der Waals surface area contributed by atoms with E-state index in [0.717, 1.165) is 5.56 Å². The van der Waals surface area contributed by atoms with E-state index in [4.69, 9.17) is 4.74 Å². The first-order chi connectivity index (χ1) is 13.6. The first-order valence-electron chi connectivity index (χ1n) is 9.38. The van der Waals surface area contributed by atoms with E-state index < -0.39 is 0 Å². The van der Waals surface area contributed by atoms with E-state index >= 15 is 0 Å². The average Bonchev–Trinajstić information content (AvgIpc) is 3.23. The van der Waals surface area contributed by atoms with E-state index in [9.17, 15) is 4.79 Å². The van der Waals surface area contributed by atoms with Gasteiger partial charge in [0.05, 0.1) is 25.4 Å². The van der Waals surface area contributed by atoms with Gasteiger partial charge >= 0.3 is 0 Å². The Morgan fingerprint density at radius 1 is 1.00 bits per heavy atom. The summed E-state index contributed by atoms with van der Waals surface area (Å²) in [6.07, 6.45) is 0. The Morgan fingerprint density at radius 3 is 2.36 bits per heavy atom. The van der Waals surface area contributed by atoms with Gasteiger partial charge in [-0.2, -0.15) is 0 Å². The molecule has 0 saturated heterocycles. The topological polar surface area (TPSA) is 50.4 Å². The van der Waals surface area contributed by atoms with Gasteiger partial charge in [-0.05, 0) is 40.6 Å². The molecule has 1 amide bonds. The van der Waals surface area contributed by atoms with Gasteiger partial charge in [0, 0.05) is 4.88 Å². The Morgan fingerprint density at radius 2 is 1.71 bits per heavy atom. The van der Waals surface area contributed by atoms with Crippen molar-refractivity contribution in [3.8, 4) is 5.75 Å². The summed E-state index contributed by atoms with van der Waals surface area (Å²) in [6.45, 7) is 4.57. The number of anilines is 1. The summed E-state index contributed by atoms with van der Waals surface area (Å²) in [4.78, 5) is 13.7. The maximum absolute atomic E-state index is 12.5. The van der Waals surface area contributed by atoms with Crippen LogP contribution in [-0.2, 0) is 4.79 Å². The van der Waals surface area contributed by atoms with Crippen molar-refractivity contribution in [3.63, 3.8) is 0 Å². The van der Waals surface area contributed by atoms with Crippen LogP contribution in [0, 0.1) is 0 Å². The van der Waals surface area contributed by atoms with Gasteiger partial charge < -0.3 is 10.1 Å². The van der Waals surface area contributed by atoms with Crippen LogP contribution in [0.5, 0.6) is 5.75 Å². The Bertz CT molecular complexity index is 889. The molecule has 1 atom stereocenters. The molecule has 0 aliphatic carbocycles. The van der Waals surface area contributed by atoms with Crippen LogP contribution in [0.1, 0.15) is 41.8 Å². The van der Waals surface area contributed by atoms with Crippen molar-refractivity contribution in [2.24, 2.45) is 0 Å². The summed E-state index contributed by atoms with van der Waals surface area (Å²) in [5.41, 5.74) is 3.13. The predicted molar refractivity (Wildman–Crippen MR) is 116 cm³/mol. The molecule has 1 heterocycles. The van der Waals surface area contributed by atoms with E-state index in [-0.39, 0.29) is 18.5 Å². The number of benzene rings is 2. The van der Waals surface area contributed by atoms with Crippen LogP contribution in [0.4, 0.5) is 5.69 Å². The minimum atomic E-state index is -0.107. The van der Waals surface area contributed by atoms with Crippen molar-refractivity contribution in [1.82, 2.24) is 5.32 Å². The summed E-state index contributed by atoms with van der Waals surface area (Å²) >= 11 is 1.68. The third-order valence-electron chi connectivity index (χ3n) is 4.61. The van der Waals surface area contributed by atoms with Crippen LogP contribution in [0.25, 0.3) is 0 Å². The van der Waals surface area contributed by atoms with Gasteiger partial charge in [0.15, 0.2) is 0 Å². The lowest BCUT2D eigenvalue weighted by Crippen LogP contribution is -2.31. The fourth-order valence-electron chi connectivity index (χ4n) is 3.05. The minimum Gasteiger partial charge on any atom is -0.495 e. The largest absolute Gasteiger partial charge is 0.495 e. The number of thiophene rings is 1. The second-order valence-corrected chi connectivity index (χ2v) is 7.88. The summed E-state index contributed by atoms with van der Waals surface area (Å²) in [7, 11) is 1.59. The molecule has 0 fully saturated rings. The predicted octanol–water partition coefficient (Wildman–Crippen LogP) is 5.20. The summed E-state index contributed by atoms with van der Waals surface area (Å²) in [6, 6.07) is 20.1. The molecule has 2 N–H and O–H groups in total. The fraction of sp³-hybridized carbons (Fsp3) is 0.261. The summed E-state index contributed by atoms with van der Waals surface area (Å²) in [5.74, 6) is 1.04. The highest BCUT2D eigenvalue weighted by Crippen LogP contribution is 2.27. The van der Waals surface area contributed by atoms with Gasteiger partial charge in [-0.3, -0.25) is 10.1 Å². The Labute approximate surface area is 170 Å².